The zero-order valence-corrected chi connectivity index (χ0v) is 11.8. The molecule has 1 amide bonds. The first-order valence-electron chi connectivity index (χ1n) is 6.66. The van der Waals surface area contributed by atoms with Gasteiger partial charge in [-0.05, 0) is 31.5 Å². The van der Waals surface area contributed by atoms with Gasteiger partial charge in [0, 0.05) is 32.0 Å². The van der Waals surface area contributed by atoms with Gasteiger partial charge in [-0.15, -0.1) is 0 Å². The lowest BCUT2D eigenvalue weighted by Crippen LogP contribution is -2.32. The number of nitrogen functional groups attached to an aromatic ring is 1. The van der Waals surface area contributed by atoms with Gasteiger partial charge < -0.3 is 10.6 Å². The van der Waals surface area contributed by atoms with Gasteiger partial charge in [0.25, 0.3) is 5.91 Å². The Morgan fingerprint density at radius 1 is 1.35 bits per heavy atom. The van der Waals surface area contributed by atoms with E-state index in [2.05, 4.69) is 10.1 Å². The summed E-state index contributed by atoms with van der Waals surface area (Å²) in [6.07, 6.45) is 4.97. The average molecular weight is 273 g/mol. The van der Waals surface area contributed by atoms with Crippen LogP contribution < -0.4 is 5.73 Å². The molecule has 2 rings (SSSR count). The second-order valence-corrected chi connectivity index (χ2v) is 4.44. The zero-order valence-electron chi connectivity index (χ0n) is 11.8. The second kappa shape index (κ2) is 6.18. The van der Waals surface area contributed by atoms with E-state index in [4.69, 9.17) is 5.73 Å². The van der Waals surface area contributed by atoms with Crippen molar-refractivity contribution in [3.8, 4) is 0 Å². The SMILES string of the molecule is CCN(Cc1ccncc1)C(=O)c1c(N)cnn1CC. The second-order valence-electron chi connectivity index (χ2n) is 4.44. The summed E-state index contributed by atoms with van der Waals surface area (Å²) in [4.78, 5) is 18.3. The molecule has 106 valence electrons. The number of amides is 1. The Labute approximate surface area is 118 Å². The normalized spacial score (nSPS) is 10.5. The highest BCUT2D eigenvalue weighted by molar-refractivity contribution is 5.97. The van der Waals surface area contributed by atoms with E-state index in [9.17, 15) is 4.79 Å². The maximum absolute atomic E-state index is 12.6. The largest absolute Gasteiger partial charge is 0.396 e. The van der Waals surface area contributed by atoms with Crippen molar-refractivity contribution in [2.45, 2.75) is 26.9 Å². The first-order valence-corrected chi connectivity index (χ1v) is 6.66. The molecule has 0 aliphatic rings. The Morgan fingerprint density at radius 3 is 2.65 bits per heavy atom. The minimum absolute atomic E-state index is 0.0961. The van der Waals surface area contributed by atoms with Crippen molar-refractivity contribution in [1.82, 2.24) is 19.7 Å². The van der Waals surface area contributed by atoms with Crippen LogP contribution >= 0.6 is 0 Å². The van der Waals surface area contributed by atoms with E-state index < -0.39 is 0 Å². The minimum Gasteiger partial charge on any atom is -0.396 e. The molecule has 20 heavy (non-hydrogen) atoms. The van der Waals surface area contributed by atoms with E-state index in [0.717, 1.165) is 5.56 Å². The van der Waals surface area contributed by atoms with Crippen molar-refractivity contribution in [3.63, 3.8) is 0 Å². The number of pyridine rings is 1. The molecule has 0 aromatic carbocycles. The van der Waals surface area contributed by atoms with Crippen LogP contribution in [0.25, 0.3) is 0 Å². The lowest BCUT2D eigenvalue weighted by Gasteiger charge is -2.21. The summed E-state index contributed by atoms with van der Waals surface area (Å²) in [7, 11) is 0. The van der Waals surface area contributed by atoms with Gasteiger partial charge >= 0.3 is 0 Å². The van der Waals surface area contributed by atoms with Gasteiger partial charge in [-0.2, -0.15) is 5.10 Å². The number of rotatable bonds is 5. The van der Waals surface area contributed by atoms with Crippen LogP contribution in [-0.2, 0) is 13.1 Å². The Balaban J connectivity index is 2.23. The predicted molar refractivity (Wildman–Crippen MR) is 77.0 cm³/mol. The Hall–Kier alpha value is -2.37. The number of anilines is 1. The fourth-order valence-electron chi connectivity index (χ4n) is 2.06. The molecule has 0 radical (unpaired) electrons. The number of hydrogen-bond donors (Lipinski definition) is 1. The zero-order chi connectivity index (χ0) is 14.5. The predicted octanol–water partition coefficient (Wildman–Crippen LogP) is 1.54. The number of carbonyl (C=O) groups is 1. The molecule has 2 aromatic rings. The highest BCUT2D eigenvalue weighted by Crippen LogP contribution is 2.15. The molecule has 0 aliphatic heterocycles. The summed E-state index contributed by atoms with van der Waals surface area (Å²) in [5.74, 6) is -0.0961. The molecule has 0 atom stereocenters. The van der Waals surface area contributed by atoms with E-state index in [1.165, 1.54) is 6.20 Å². The molecule has 0 saturated heterocycles. The molecule has 2 heterocycles. The fourth-order valence-corrected chi connectivity index (χ4v) is 2.06. The summed E-state index contributed by atoms with van der Waals surface area (Å²) < 4.78 is 1.63. The van der Waals surface area contributed by atoms with Crippen molar-refractivity contribution in [2.24, 2.45) is 0 Å². The van der Waals surface area contributed by atoms with Gasteiger partial charge in [-0.1, -0.05) is 0 Å². The number of carbonyl (C=O) groups excluding carboxylic acids is 1. The Morgan fingerprint density at radius 2 is 2.05 bits per heavy atom. The molecular formula is C14H19N5O. The van der Waals surface area contributed by atoms with E-state index >= 15 is 0 Å². The number of nitrogens with zero attached hydrogens (tertiary/aromatic N) is 4. The quantitative estimate of drug-likeness (QED) is 0.896. The minimum atomic E-state index is -0.0961. The van der Waals surface area contributed by atoms with E-state index in [1.807, 2.05) is 26.0 Å². The Kier molecular flexibility index (Phi) is 4.34. The van der Waals surface area contributed by atoms with Crippen LogP contribution in [0.2, 0.25) is 0 Å². The molecular weight excluding hydrogens is 254 g/mol. The van der Waals surface area contributed by atoms with Gasteiger partial charge in [-0.25, -0.2) is 0 Å². The highest BCUT2D eigenvalue weighted by atomic mass is 16.2. The molecule has 6 heteroatoms. The molecule has 0 aliphatic carbocycles. The standard InChI is InChI=1S/C14H19N5O/c1-3-18(10-11-5-7-16-8-6-11)14(20)13-12(15)9-17-19(13)4-2/h5-9H,3-4,10,15H2,1-2H3. The van der Waals surface area contributed by atoms with Crippen molar-refractivity contribution < 1.29 is 4.79 Å². The number of aryl methyl sites for hydroxylation is 1. The molecule has 0 bridgehead atoms. The number of nitrogens with two attached hydrogens (primary N) is 1. The van der Waals surface area contributed by atoms with Gasteiger partial charge in [0.05, 0.1) is 11.9 Å². The molecule has 0 spiro atoms. The van der Waals surface area contributed by atoms with E-state index in [0.29, 0.717) is 31.0 Å². The van der Waals surface area contributed by atoms with Crippen LogP contribution in [0.15, 0.2) is 30.7 Å². The maximum atomic E-state index is 12.6. The van der Waals surface area contributed by atoms with Crippen molar-refractivity contribution in [3.05, 3.63) is 42.0 Å². The molecule has 2 N–H and O–H groups in total. The van der Waals surface area contributed by atoms with E-state index in [1.54, 1.807) is 22.0 Å². The summed E-state index contributed by atoms with van der Waals surface area (Å²) >= 11 is 0. The lowest BCUT2D eigenvalue weighted by atomic mass is 10.2. The van der Waals surface area contributed by atoms with Gasteiger partial charge in [0.15, 0.2) is 0 Å². The van der Waals surface area contributed by atoms with Crippen molar-refractivity contribution in [2.75, 3.05) is 12.3 Å². The summed E-state index contributed by atoms with van der Waals surface area (Å²) in [6.45, 7) is 5.64. The third kappa shape index (κ3) is 2.79. The highest BCUT2D eigenvalue weighted by Gasteiger charge is 2.21. The van der Waals surface area contributed by atoms with Gasteiger partial charge in [-0.3, -0.25) is 14.5 Å². The molecule has 0 saturated carbocycles. The molecule has 0 unspecified atom stereocenters. The number of hydrogen-bond acceptors (Lipinski definition) is 4. The van der Waals surface area contributed by atoms with Crippen LogP contribution in [0.1, 0.15) is 29.9 Å². The van der Waals surface area contributed by atoms with Crippen molar-refractivity contribution in [1.29, 1.82) is 0 Å². The molecule has 6 nitrogen and oxygen atoms in total. The summed E-state index contributed by atoms with van der Waals surface area (Å²) in [6, 6.07) is 3.80. The lowest BCUT2D eigenvalue weighted by molar-refractivity contribution is 0.0741. The third-order valence-electron chi connectivity index (χ3n) is 3.16. The first-order chi connectivity index (χ1) is 9.67. The summed E-state index contributed by atoms with van der Waals surface area (Å²) in [5.41, 5.74) is 7.78. The van der Waals surface area contributed by atoms with E-state index in [-0.39, 0.29) is 5.91 Å². The topological polar surface area (TPSA) is 77.0 Å². The smallest absolute Gasteiger partial charge is 0.274 e. The van der Waals surface area contributed by atoms with Crippen molar-refractivity contribution >= 4 is 11.6 Å². The monoisotopic (exact) mass is 273 g/mol. The Bertz CT molecular complexity index is 579. The average Bonchev–Trinajstić information content (AvgIpc) is 2.86. The van der Waals surface area contributed by atoms with Crippen LogP contribution in [0.5, 0.6) is 0 Å². The summed E-state index contributed by atoms with van der Waals surface area (Å²) in [5, 5.41) is 4.11. The van der Waals surface area contributed by atoms with Gasteiger partial charge in [0.1, 0.15) is 5.69 Å². The maximum Gasteiger partial charge on any atom is 0.274 e. The van der Waals surface area contributed by atoms with Crippen LogP contribution in [0.4, 0.5) is 5.69 Å². The molecule has 0 fully saturated rings. The fraction of sp³-hybridized carbons (Fsp3) is 0.357. The van der Waals surface area contributed by atoms with Crippen LogP contribution in [-0.4, -0.2) is 32.1 Å². The van der Waals surface area contributed by atoms with Gasteiger partial charge in [0.2, 0.25) is 0 Å². The first kappa shape index (κ1) is 14.0. The van der Waals surface area contributed by atoms with Crippen LogP contribution in [0.3, 0.4) is 0 Å². The number of aromatic nitrogens is 3. The van der Waals surface area contributed by atoms with Crippen LogP contribution in [0, 0.1) is 0 Å². The third-order valence-corrected chi connectivity index (χ3v) is 3.16. The molecule has 2 aromatic heterocycles.